The molecule has 3 N–H and O–H groups in total. The highest BCUT2D eigenvalue weighted by Gasteiger charge is 2.71. The van der Waals surface area contributed by atoms with E-state index in [9.17, 15) is 29.7 Å². The summed E-state index contributed by atoms with van der Waals surface area (Å²) in [7, 11) is 0. The number of hydrogen-bond donors (Lipinski definition) is 3. The Balaban J connectivity index is 1.70. The van der Waals surface area contributed by atoms with E-state index in [1.807, 2.05) is 13.0 Å². The zero-order chi connectivity index (χ0) is 22.1. The second kappa shape index (κ2) is 6.84. The topological polar surface area (TPSA) is 121 Å². The largest absolute Gasteiger partial charge is 0.458 e. The van der Waals surface area contributed by atoms with E-state index in [1.54, 1.807) is 19.1 Å². The maximum atomic E-state index is 12.9. The second-order valence-corrected chi connectivity index (χ2v) is 9.93. The first-order chi connectivity index (χ1) is 13.9. The van der Waals surface area contributed by atoms with Gasteiger partial charge in [0.15, 0.2) is 18.0 Å². The molecular formula is C23H30O7. The number of hydrogen-bond acceptors (Lipinski definition) is 7. The van der Waals surface area contributed by atoms with Crippen molar-refractivity contribution < 1.29 is 34.4 Å². The van der Waals surface area contributed by atoms with Crippen molar-refractivity contribution in [2.75, 3.05) is 6.61 Å². The van der Waals surface area contributed by atoms with Crippen LogP contribution in [0.15, 0.2) is 23.8 Å². The Morgan fingerprint density at radius 1 is 1.27 bits per heavy atom. The summed E-state index contributed by atoms with van der Waals surface area (Å²) in [5.41, 5.74) is -2.59. The van der Waals surface area contributed by atoms with Gasteiger partial charge in [-0.1, -0.05) is 25.5 Å². The van der Waals surface area contributed by atoms with Crippen LogP contribution in [0.1, 0.15) is 46.5 Å². The molecule has 4 aliphatic rings. The fourth-order valence-corrected chi connectivity index (χ4v) is 7.12. The molecule has 0 bridgehead atoms. The highest BCUT2D eigenvalue weighted by atomic mass is 16.5. The van der Waals surface area contributed by atoms with Crippen LogP contribution in [0.2, 0.25) is 0 Å². The van der Waals surface area contributed by atoms with E-state index in [1.165, 1.54) is 6.92 Å². The van der Waals surface area contributed by atoms with Crippen LogP contribution >= 0.6 is 0 Å². The first kappa shape index (κ1) is 21.4. The summed E-state index contributed by atoms with van der Waals surface area (Å²) in [6, 6.07) is 0. The molecule has 0 aromatic rings. The van der Waals surface area contributed by atoms with Gasteiger partial charge in [0.25, 0.3) is 0 Å². The van der Waals surface area contributed by atoms with Gasteiger partial charge in [0.05, 0.1) is 12.2 Å². The molecule has 4 aliphatic carbocycles. The van der Waals surface area contributed by atoms with Crippen LogP contribution in [0.5, 0.6) is 0 Å². The average molecular weight is 418 g/mol. The number of Topliss-reactive ketones (excluding diaryl/α,β-unsaturated/α-hetero) is 1. The van der Waals surface area contributed by atoms with Gasteiger partial charge in [-0.15, -0.1) is 0 Å². The Kier molecular flexibility index (Phi) is 4.88. The summed E-state index contributed by atoms with van der Waals surface area (Å²) in [6.07, 6.45) is 4.78. The zero-order valence-corrected chi connectivity index (χ0v) is 17.6. The zero-order valence-electron chi connectivity index (χ0n) is 17.6. The van der Waals surface area contributed by atoms with Crippen LogP contribution in [0.25, 0.3) is 0 Å². The molecule has 0 aliphatic heterocycles. The Bertz CT molecular complexity index is 860. The van der Waals surface area contributed by atoms with Crippen molar-refractivity contribution in [3.05, 3.63) is 23.8 Å². The van der Waals surface area contributed by atoms with Gasteiger partial charge in [0.1, 0.15) is 0 Å². The molecule has 0 heterocycles. The molecule has 7 heteroatoms. The number of aliphatic hydroxyl groups is 3. The molecule has 0 aromatic heterocycles. The highest BCUT2D eigenvalue weighted by Crippen LogP contribution is 2.67. The highest BCUT2D eigenvalue weighted by molar-refractivity contribution is 6.01. The second-order valence-electron chi connectivity index (χ2n) is 9.93. The lowest BCUT2D eigenvalue weighted by atomic mass is 9.46. The van der Waals surface area contributed by atoms with E-state index in [0.717, 1.165) is 5.57 Å². The van der Waals surface area contributed by atoms with Crippen LogP contribution in [0.4, 0.5) is 0 Å². The maximum Gasteiger partial charge on any atom is 0.303 e. The molecule has 0 amide bonds. The predicted octanol–water partition coefficient (Wildman–Crippen LogP) is 1.10. The van der Waals surface area contributed by atoms with Gasteiger partial charge in [-0.25, -0.2) is 0 Å². The Hall–Kier alpha value is -1.83. The van der Waals surface area contributed by atoms with E-state index in [-0.39, 0.29) is 36.4 Å². The van der Waals surface area contributed by atoms with Gasteiger partial charge in [-0.3, -0.25) is 14.4 Å². The fraction of sp³-hybridized carbons (Fsp3) is 0.696. The van der Waals surface area contributed by atoms with E-state index in [4.69, 9.17) is 4.74 Å². The van der Waals surface area contributed by atoms with Gasteiger partial charge >= 0.3 is 5.97 Å². The lowest BCUT2D eigenvalue weighted by molar-refractivity contribution is -0.192. The van der Waals surface area contributed by atoms with Crippen molar-refractivity contribution >= 4 is 17.5 Å². The van der Waals surface area contributed by atoms with E-state index >= 15 is 0 Å². The van der Waals surface area contributed by atoms with Crippen molar-refractivity contribution in [2.24, 2.45) is 28.6 Å². The number of fused-ring (bicyclic) bond motifs is 5. The Labute approximate surface area is 175 Å². The lowest BCUT2D eigenvalue weighted by Crippen LogP contribution is -2.63. The number of rotatable bonds is 3. The average Bonchev–Trinajstić information content (AvgIpc) is 2.87. The quantitative estimate of drug-likeness (QED) is 0.587. The van der Waals surface area contributed by atoms with E-state index in [2.05, 4.69) is 0 Å². The van der Waals surface area contributed by atoms with Crippen LogP contribution in [-0.2, 0) is 19.1 Å². The van der Waals surface area contributed by atoms with Crippen molar-refractivity contribution in [1.82, 2.24) is 0 Å². The molecule has 4 rings (SSSR count). The number of ether oxygens (including phenoxy) is 1. The molecule has 3 saturated carbocycles. The molecule has 3 fully saturated rings. The van der Waals surface area contributed by atoms with Gasteiger partial charge in [0.2, 0.25) is 5.78 Å². The minimum Gasteiger partial charge on any atom is -0.458 e. The van der Waals surface area contributed by atoms with Gasteiger partial charge in [0, 0.05) is 23.7 Å². The number of esters is 1. The predicted molar refractivity (Wildman–Crippen MR) is 106 cm³/mol. The third kappa shape index (κ3) is 2.71. The summed E-state index contributed by atoms with van der Waals surface area (Å²) in [6.45, 7) is 4.36. The first-order valence-electron chi connectivity index (χ1n) is 10.6. The number of carbonyl (C=O) groups is 3. The molecule has 0 radical (unpaired) electrons. The van der Waals surface area contributed by atoms with Gasteiger partial charge < -0.3 is 20.1 Å². The summed E-state index contributed by atoms with van der Waals surface area (Å²) < 4.78 is 4.81. The smallest absolute Gasteiger partial charge is 0.303 e. The van der Waals surface area contributed by atoms with Crippen molar-refractivity contribution in [1.29, 1.82) is 0 Å². The van der Waals surface area contributed by atoms with Crippen LogP contribution in [0, 0.1) is 28.6 Å². The minimum absolute atomic E-state index is 0.0241. The molecule has 0 saturated heterocycles. The third-order valence-electron chi connectivity index (χ3n) is 8.55. The summed E-state index contributed by atoms with van der Waals surface area (Å²) >= 11 is 0. The number of aliphatic hydroxyl groups excluding tert-OH is 2. The Morgan fingerprint density at radius 2 is 1.97 bits per heavy atom. The molecule has 0 spiro atoms. The SMILES string of the molecule is CC(=O)OCC(=O)[C@@]1(O)[C@H](O)C[C@H]2[C@@H]3CCC4=CC(=O)C=C[C@]4(C)[C@H]3[C@@H](O)C[C@@]21C. The minimum atomic E-state index is -2.09. The Morgan fingerprint density at radius 3 is 2.63 bits per heavy atom. The third-order valence-corrected chi connectivity index (χ3v) is 8.55. The van der Waals surface area contributed by atoms with Crippen molar-refractivity contribution in [2.45, 2.75) is 64.3 Å². The molecular weight excluding hydrogens is 388 g/mol. The van der Waals surface area contributed by atoms with Crippen LogP contribution in [0.3, 0.4) is 0 Å². The standard InChI is InChI=1S/C23H30O7/c1-12(24)30-11-19(28)23(29)18(27)9-16-15-5-4-13-8-14(25)6-7-21(13,2)20(15)17(26)10-22(16,23)3/h6-8,15-18,20,26-27,29H,4-5,9-11H2,1-3H3/t15-,16-,17-,18+,20+,21-,22-,23-/m0/s1. The van der Waals surface area contributed by atoms with Crippen LogP contribution < -0.4 is 0 Å². The van der Waals surface area contributed by atoms with Crippen molar-refractivity contribution in [3.63, 3.8) is 0 Å². The lowest BCUT2D eigenvalue weighted by Gasteiger charge is -2.59. The number of ketones is 2. The molecule has 7 nitrogen and oxygen atoms in total. The molecule has 30 heavy (non-hydrogen) atoms. The summed E-state index contributed by atoms with van der Waals surface area (Å²) in [5, 5.41) is 33.6. The summed E-state index contributed by atoms with van der Waals surface area (Å²) in [4.78, 5) is 35.9. The van der Waals surface area contributed by atoms with Crippen molar-refractivity contribution in [3.8, 4) is 0 Å². The van der Waals surface area contributed by atoms with E-state index < -0.39 is 47.0 Å². The van der Waals surface area contributed by atoms with Crippen LogP contribution in [-0.4, -0.2) is 57.3 Å². The van der Waals surface area contributed by atoms with Gasteiger partial charge in [-0.05, 0) is 49.7 Å². The molecule has 164 valence electrons. The normalized spacial score (nSPS) is 47.1. The molecule has 0 unspecified atom stereocenters. The molecule has 8 atom stereocenters. The number of carbonyl (C=O) groups excluding carboxylic acids is 3. The fourth-order valence-electron chi connectivity index (χ4n) is 7.12. The summed E-state index contributed by atoms with van der Waals surface area (Å²) in [5.74, 6) is -1.79. The number of allylic oxidation sites excluding steroid dienone is 4. The maximum absolute atomic E-state index is 12.9. The monoisotopic (exact) mass is 418 g/mol. The first-order valence-corrected chi connectivity index (χ1v) is 10.6. The molecule has 0 aromatic carbocycles. The van der Waals surface area contributed by atoms with E-state index in [0.29, 0.717) is 12.8 Å². The van der Waals surface area contributed by atoms with Gasteiger partial charge in [-0.2, -0.15) is 0 Å².